The zero-order chi connectivity index (χ0) is 14.0. The van der Waals surface area contributed by atoms with Crippen molar-refractivity contribution in [1.82, 2.24) is 9.62 Å². The van der Waals surface area contributed by atoms with Crippen molar-refractivity contribution in [2.45, 2.75) is 37.2 Å². The molecule has 1 aliphatic carbocycles. The third-order valence-electron chi connectivity index (χ3n) is 3.16. The summed E-state index contributed by atoms with van der Waals surface area (Å²) in [5.41, 5.74) is 0.838. The van der Waals surface area contributed by atoms with Gasteiger partial charge in [0.1, 0.15) is 4.90 Å². The number of aryl methyl sites for hydroxylation is 1. The Morgan fingerprint density at radius 3 is 2.79 bits per heavy atom. The summed E-state index contributed by atoms with van der Waals surface area (Å²) in [6, 6.07) is 0.157. The molecular weight excluding hydrogens is 280 g/mol. The van der Waals surface area contributed by atoms with Gasteiger partial charge in [0.2, 0.25) is 10.0 Å². The monoisotopic (exact) mass is 300 g/mol. The van der Waals surface area contributed by atoms with E-state index in [0.29, 0.717) is 18.0 Å². The van der Waals surface area contributed by atoms with E-state index in [2.05, 4.69) is 11.9 Å². The van der Waals surface area contributed by atoms with E-state index in [4.69, 9.17) is 0 Å². The molecule has 0 bridgehead atoms. The summed E-state index contributed by atoms with van der Waals surface area (Å²) in [6.45, 7) is 6.51. The summed E-state index contributed by atoms with van der Waals surface area (Å²) < 4.78 is 27.3. The molecule has 1 aromatic heterocycles. The Balaban J connectivity index is 2.42. The van der Waals surface area contributed by atoms with Crippen LogP contribution in [-0.2, 0) is 16.6 Å². The number of sulfonamides is 1. The fraction of sp³-hybridized carbons (Fsp3) is 0.538. The number of nitrogens with zero attached hydrogens (tertiary/aromatic N) is 1. The number of hydrogen-bond acceptors (Lipinski definition) is 4. The van der Waals surface area contributed by atoms with Crippen LogP contribution in [0.25, 0.3) is 0 Å². The minimum absolute atomic E-state index is 0.157. The van der Waals surface area contributed by atoms with Gasteiger partial charge >= 0.3 is 0 Å². The van der Waals surface area contributed by atoms with Crippen molar-refractivity contribution >= 4 is 21.4 Å². The first kappa shape index (κ1) is 14.7. The molecule has 0 amide bonds. The molecule has 0 atom stereocenters. The third kappa shape index (κ3) is 2.91. The fourth-order valence-electron chi connectivity index (χ4n) is 2.17. The van der Waals surface area contributed by atoms with Crippen molar-refractivity contribution in [3.8, 4) is 0 Å². The predicted molar refractivity (Wildman–Crippen MR) is 78.9 cm³/mol. The van der Waals surface area contributed by atoms with Crippen molar-refractivity contribution in [2.24, 2.45) is 0 Å². The Kier molecular flexibility index (Phi) is 4.45. The van der Waals surface area contributed by atoms with E-state index < -0.39 is 10.0 Å². The second-order valence-electron chi connectivity index (χ2n) is 4.80. The lowest BCUT2D eigenvalue weighted by atomic mass is 10.3. The van der Waals surface area contributed by atoms with Gasteiger partial charge in [-0.05, 0) is 37.8 Å². The van der Waals surface area contributed by atoms with E-state index in [1.807, 2.05) is 19.4 Å². The van der Waals surface area contributed by atoms with Crippen LogP contribution < -0.4 is 5.32 Å². The maximum Gasteiger partial charge on any atom is 0.245 e. The van der Waals surface area contributed by atoms with Crippen LogP contribution in [0.15, 0.2) is 22.9 Å². The summed E-state index contributed by atoms with van der Waals surface area (Å²) in [7, 11) is -1.58. The van der Waals surface area contributed by atoms with E-state index in [0.717, 1.165) is 23.3 Å². The summed E-state index contributed by atoms with van der Waals surface area (Å²) in [5, 5.41) is 4.95. The van der Waals surface area contributed by atoms with Crippen molar-refractivity contribution in [3.05, 3.63) is 28.5 Å². The van der Waals surface area contributed by atoms with Crippen molar-refractivity contribution < 1.29 is 8.42 Å². The van der Waals surface area contributed by atoms with E-state index in [1.165, 1.54) is 11.3 Å². The van der Waals surface area contributed by atoms with Crippen molar-refractivity contribution in [1.29, 1.82) is 0 Å². The van der Waals surface area contributed by atoms with E-state index in [1.54, 1.807) is 10.4 Å². The number of rotatable bonds is 7. The summed E-state index contributed by atoms with van der Waals surface area (Å²) in [6.07, 6.45) is 3.57. The molecule has 0 saturated heterocycles. The smallest absolute Gasteiger partial charge is 0.245 e. The average Bonchev–Trinajstić information content (AvgIpc) is 3.11. The zero-order valence-corrected chi connectivity index (χ0v) is 13.0. The molecule has 0 radical (unpaired) electrons. The molecule has 0 unspecified atom stereocenters. The van der Waals surface area contributed by atoms with Gasteiger partial charge in [-0.2, -0.15) is 4.31 Å². The molecule has 0 aromatic carbocycles. The van der Waals surface area contributed by atoms with Gasteiger partial charge in [-0.3, -0.25) is 0 Å². The molecule has 1 aromatic rings. The minimum atomic E-state index is -3.41. The van der Waals surface area contributed by atoms with Crippen LogP contribution >= 0.6 is 11.3 Å². The maximum absolute atomic E-state index is 12.8. The van der Waals surface area contributed by atoms with Gasteiger partial charge < -0.3 is 5.32 Å². The highest BCUT2D eigenvalue weighted by atomic mass is 32.2. The molecule has 1 fully saturated rings. The summed E-state index contributed by atoms with van der Waals surface area (Å²) in [5.74, 6) is 0. The quantitative estimate of drug-likeness (QED) is 0.785. The minimum Gasteiger partial charge on any atom is -0.315 e. The van der Waals surface area contributed by atoms with Crippen LogP contribution in [0.1, 0.15) is 23.3 Å². The molecule has 0 aliphatic heterocycles. The van der Waals surface area contributed by atoms with Gasteiger partial charge in [-0.15, -0.1) is 17.9 Å². The van der Waals surface area contributed by atoms with E-state index in [9.17, 15) is 8.42 Å². The molecule has 106 valence electrons. The third-order valence-corrected chi connectivity index (χ3v) is 6.54. The highest BCUT2D eigenvalue weighted by Gasteiger charge is 2.39. The molecule has 1 heterocycles. The van der Waals surface area contributed by atoms with Crippen LogP contribution in [-0.4, -0.2) is 32.4 Å². The zero-order valence-electron chi connectivity index (χ0n) is 11.3. The van der Waals surface area contributed by atoms with Gasteiger partial charge in [0.25, 0.3) is 0 Å². The van der Waals surface area contributed by atoms with Gasteiger partial charge in [0.15, 0.2) is 0 Å². The molecule has 2 rings (SSSR count). The Bertz CT molecular complexity index is 559. The van der Waals surface area contributed by atoms with Gasteiger partial charge in [-0.25, -0.2) is 8.42 Å². The Morgan fingerprint density at radius 1 is 1.58 bits per heavy atom. The van der Waals surface area contributed by atoms with Crippen LogP contribution in [0.4, 0.5) is 0 Å². The highest BCUT2D eigenvalue weighted by molar-refractivity contribution is 7.89. The first-order valence-electron chi connectivity index (χ1n) is 6.36. The molecule has 0 spiro atoms. The molecule has 1 N–H and O–H groups in total. The first-order valence-corrected chi connectivity index (χ1v) is 8.68. The number of thiophene rings is 1. The average molecular weight is 300 g/mol. The van der Waals surface area contributed by atoms with Gasteiger partial charge in [0.05, 0.1) is 0 Å². The highest BCUT2D eigenvalue weighted by Crippen LogP contribution is 2.36. The second-order valence-corrected chi connectivity index (χ2v) is 7.59. The van der Waals surface area contributed by atoms with Crippen molar-refractivity contribution in [2.75, 3.05) is 13.6 Å². The second kappa shape index (κ2) is 5.75. The van der Waals surface area contributed by atoms with Crippen LogP contribution in [0, 0.1) is 6.92 Å². The first-order chi connectivity index (χ1) is 9.02. The molecule has 4 nitrogen and oxygen atoms in total. The largest absolute Gasteiger partial charge is 0.315 e. The predicted octanol–water partition coefficient (Wildman–Crippen LogP) is 2.12. The summed E-state index contributed by atoms with van der Waals surface area (Å²) in [4.78, 5) is 1.37. The Hall–Kier alpha value is -0.690. The van der Waals surface area contributed by atoms with Crippen LogP contribution in [0.2, 0.25) is 0 Å². The maximum atomic E-state index is 12.8. The molecule has 6 heteroatoms. The lowest BCUT2D eigenvalue weighted by Crippen LogP contribution is -2.34. The molecular formula is C13H20N2O2S2. The Morgan fingerprint density at radius 2 is 2.26 bits per heavy atom. The van der Waals surface area contributed by atoms with Crippen LogP contribution in [0.5, 0.6) is 0 Å². The van der Waals surface area contributed by atoms with Gasteiger partial charge in [0, 0.05) is 24.0 Å². The number of hydrogen-bond donors (Lipinski definition) is 1. The van der Waals surface area contributed by atoms with E-state index in [-0.39, 0.29) is 6.04 Å². The SMILES string of the molecule is C=CCN(C1CC1)S(=O)(=O)c1c(C)csc1CNC. The Labute approximate surface area is 119 Å². The fourth-order valence-corrected chi connectivity index (χ4v) is 5.60. The summed E-state index contributed by atoms with van der Waals surface area (Å²) >= 11 is 1.50. The lowest BCUT2D eigenvalue weighted by Gasteiger charge is -2.21. The normalized spacial score (nSPS) is 15.9. The molecule has 19 heavy (non-hydrogen) atoms. The lowest BCUT2D eigenvalue weighted by molar-refractivity contribution is 0.435. The topological polar surface area (TPSA) is 49.4 Å². The van der Waals surface area contributed by atoms with Crippen molar-refractivity contribution in [3.63, 3.8) is 0 Å². The van der Waals surface area contributed by atoms with Crippen LogP contribution in [0.3, 0.4) is 0 Å². The van der Waals surface area contributed by atoms with E-state index >= 15 is 0 Å². The number of nitrogens with one attached hydrogen (secondary N) is 1. The van der Waals surface area contributed by atoms with Gasteiger partial charge in [-0.1, -0.05) is 6.08 Å². The standard InChI is InChI=1S/C13H20N2O2S2/c1-4-7-15(11-5-6-11)19(16,17)13-10(2)9-18-12(13)8-14-3/h4,9,11,14H,1,5-8H2,2-3H3. The molecule has 1 aliphatic rings. The molecule has 1 saturated carbocycles.